The van der Waals surface area contributed by atoms with E-state index in [4.69, 9.17) is 4.74 Å². The van der Waals surface area contributed by atoms with Crippen LogP contribution >= 0.6 is 11.8 Å². The molecule has 0 fully saturated rings. The molecule has 1 atom stereocenters. The molecule has 27 heavy (non-hydrogen) atoms. The van der Waals surface area contributed by atoms with E-state index in [2.05, 4.69) is 16.8 Å². The lowest BCUT2D eigenvalue weighted by Crippen LogP contribution is -2.20. The van der Waals surface area contributed by atoms with Crippen LogP contribution in [0.1, 0.15) is 5.56 Å². The van der Waals surface area contributed by atoms with Crippen molar-refractivity contribution in [2.75, 3.05) is 12.4 Å². The first-order valence-electron chi connectivity index (χ1n) is 8.77. The topological polar surface area (TPSA) is 60.2 Å². The Balaban J connectivity index is 1.61. The Morgan fingerprint density at radius 1 is 1.19 bits per heavy atom. The van der Waals surface area contributed by atoms with Crippen molar-refractivity contribution in [3.63, 3.8) is 0 Å². The van der Waals surface area contributed by atoms with Crippen LogP contribution in [0.25, 0.3) is 11.4 Å². The minimum atomic E-state index is -0.607. The van der Waals surface area contributed by atoms with Crippen LogP contribution in [0, 0.1) is 6.92 Å². The first kappa shape index (κ1) is 19.2. The number of hydrogen-bond donors (Lipinski definition) is 1. The number of ether oxygens (including phenoxy) is 1. The van der Waals surface area contributed by atoms with Gasteiger partial charge in [0.25, 0.3) is 0 Å². The van der Waals surface area contributed by atoms with Gasteiger partial charge in [-0.3, -0.25) is 4.57 Å². The Kier molecular flexibility index (Phi) is 6.68. The third-order valence-corrected chi connectivity index (χ3v) is 5.01. The number of allylic oxidation sites excluding steroid dienone is 1. The van der Waals surface area contributed by atoms with Crippen molar-refractivity contribution in [3.8, 4) is 17.1 Å². The van der Waals surface area contributed by atoms with Crippen LogP contribution in [0.4, 0.5) is 0 Å². The second-order valence-corrected chi connectivity index (χ2v) is 7.15. The molecule has 0 spiro atoms. The zero-order chi connectivity index (χ0) is 19.1. The fourth-order valence-corrected chi connectivity index (χ4v) is 3.46. The molecule has 0 bridgehead atoms. The molecule has 0 aliphatic heterocycles. The van der Waals surface area contributed by atoms with Crippen molar-refractivity contribution in [2.24, 2.45) is 0 Å². The molecule has 2 aromatic carbocycles. The minimum absolute atomic E-state index is 0.234. The molecule has 0 amide bonds. The van der Waals surface area contributed by atoms with E-state index in [1.54, 1.807) is 0 Å². The molecule has 5 nitrogen and oxygen atoms in total. The maximum absolute atomic E-state index is 10.3. The Morgan fingerprint density at radius 3 is 2.74 bits per heavy atom. The number of rotatable bonds is 9. The molecule has 0 saturated carbocycles. The molecular formula is C21H23N3O2S. The fraction of sp³-hybridized carbons (Fsp3) is 0.238. The smallest absolute Gasteiger partial charge is 0.191 e. The quantitative estimate of drug-likeness (QED) is 0.449. The minimum Gasteiger partial charge on any atom is -0.491 e. The highest BCUT2D eigenvalue weighted by Gasteiger charge is 2.15. The summed E-state index contributed by atoms with van der Waals surface area (Å²) in [6.07, 6.45) is 1.21. The van der Waals surface area contributed by atoms with Crippen LogP contribution in [0.2, 0.25) is 0 Å². The lowest BCUT2D eigenvalue weighted by molar-refractivity contribution is 0.126. The fourth-order valence-electron chi connectivity index (χ4n) is 2.61. The van der Waals surface area contributed by atoms with E-state index in [1.807, 2.05) is 72.2 Å². The van der Waals surface area contributed by atoms with Gasteiger partial charge in [-0.1, -0.05) is 60.3 Å². The molecule has 1 heterocycles. The number of thioether (sulfide) groups is 1. The lowest BCUT2D eigenvalue weighted by Gasteiger charge is -2.13. The average Bonchev–Trinajstić information content (AvgIpc) is 3.08. The van der Waals surface area contributed by atoms with Crippen molar-refractivity contribution in [2.45, 2.75) is 24.7 Å². The maximum Gasteiger partial charge on any atom is 0.191 e. The monoisotopic (exact) mass is 381 g/mol. The average molecular weight is 382 g/mol. The summed E-state index contributed by atoms with van der Waals surface area (Å²) in [7, 11) is 0. The summed E-state index contributed by atoms with van der Waals surface area (Å²) >= 11 is 1.46. The second-order valence-electron chi connectivity index (χ2n) is 6.16. The van der Waals surface area contributed by atoms with Gasteiger partial charge in [0, 0.05) is 17.9 Å². The molecule has 3 aromatic rings. The van der Waals surface area contributed by atoms with Gasteiger partial charge in [-0.15, -0.1) is 16.8 Å². The molecule has 3 rings (SSSR count). The van der Waals surface area contributed by atoms with Crippen LogP contribution in [0.5, 0.6) is 5.75 Å². The van der Waals surface area contributed by atoms with Gasteiger partial charge in [0.2, 0.25) is 0 Å². The van der Waals surface area contributed by atoms with E-state index in [9.17, 15) is 5.11 Å². The number of aliphatic hydroxyl groups excluding tert-OH is 1. The number of nitrogens with zero attached hydrogens (tertiary/aromatic N) is 3. The SMILES string of the molecule is C=CCn1c(SC[C@H](O)COc2cccc(C)c2)nnc1-c1ccccc1. The van der Waals surface area contributed by atoms with Crippen molar-refractivity contribution in [1.29, 1.82) is 0 Å². The Morgan fingerprint density at radius 2 is 2.00 bits per heavy atom. The number of aliphatic hydroxyl groups is 1. The summed E-state index contributed by atoms with van der Waals surface area (Å²) in [5.74, 6) is 2.03. The molecule has 6 heteroatoms. The lowest BCUT2D eigenvalue weighted by atomic mass is 10.2. The number of aromatic nitrogens is 3. The zero-order valence-electron chi connectivity index (χ0n) is 15.3. The first-order valence-corrected chi connectivity index (χ1v) is 9.76. The Labute approximate surface area is 163 Å². The molecule has 0 saturated heterocycles. The number of benzene rings is 2. The van der Waals surface area contributed by atoms with E-state index in [-0.39, 0.29) is 6.61 Å². The summed E-state index contributed by atoms with van der Waals surface area (Å²) in [5, 5.41) is 19.6. The van der Waals surface area contributed by atoms with Gasteiger partial charge in [0.1, 0.15) is 12.4 Å². The van der Waals surface area contributed by atoms with Gasteiger partial charge in [-0.25, -0.2) is 0 Å². The molecule has 0 radical (unpaired) electrons. The van der Waals surface area contributed by atoms with Crippen molar-refractivity contribution in [1.82, 2.24) is 14.8 Å². The number of hydrogen-bond acceptors (Lipinski definition) is 5. The van der Waals surface area contributed by atoms with E-state index in [0.717, 1.165) is 27.9 Å². The van der Waals surface area contributed by atoms with Gasteiger partial charge in [0.15, 0.2) is 11.0 Å². The van der Waals surface area contributed by atoms with Gasteiger partial charge in [-0.05, 0) is 24.6 Å². The van der Waals surface area contributed by atoms with Gasteiger partial charge in [-0.2, -0.15) is 0 Å². The third-order valence-electron chi connectivity index (χ3n) is 3.90. The zero-order valence-corrected chi connectivity index (χ0v) is 16.1. The normalized spacial score (nSPS) is 11.9. The van der Waals surface area contributed by atoms with Crippen LogP contribution < -0.4 is 4.74 Å². The summed E-state index contributed by atoms with van der Waals surface area (Å²) in [6.45, 7) is 6.67. The van der Waals surface area contributed by atoms with Gasteiger partial charge in [0.05, 0.1) is 6.10 Å². The highest BCUT2D eigenvalue weighted by Crippen LogP contribution is 2.24. The predicted molar refractivity (Wildman–Crippen MR) is 109 cm³/mol. The van der Waals surface area contributed by atoms with Gasteiger partial charge >= 0.3 is 0 Å². The summed E-state index contributed by atoms with van der Waals surface area (Å²) in [6, 6.07) is 17.7. The third kappa shape index (κ3) is 5.21. The molecule has 0 aliphatic rings. The largest absolute Gasteiger partial charge is 0.491 e. The van der Waals surface area contributed by atoms with Crippen LogP contribution in [-0.4, -0.2) is 38.3 Å². The van der Waals surface area contributed by atoms with Crippen molar-refractivity contribution < 1.29 is 9.84 Å². The standard InChI is InChI=1S/C21H23N3O2S/c1-3-12-24-20(17-9-5-4-6-10-17)22-23-21(24)27-15-18(25)14-26-19-11-7-8-16(2)13-19/h3-11,13,18,25H,1,12,14-15H2,2H3/t18-/m1/s1. The van der Waals surface area contributed by atoms with Crippen molar-refractivity contribution >= 4 is 11.8 Å². The summed E-state index contributed by atoms with van der Waals surface area (Å²) in [5.41, 5.74) is 2.13. The Bertz CT molecular complexity index is 880. The molecule has 1 N–H and O–H groups in total. The molecule has 140 valence electrons. The highest BCUT2D eigenvalue weighted by atomic mass is 32.2. The predicted octanol–water partition coefficient (Wildman–Crippen LogP) is 3.97. The van der Waals surface area contributed by atoms with Crippen LogP contribution in [0.3, 0.4) is 0 Å². The van der Waals surface area contributed by atoms with E-state index in [1.165, 1.54) is 11.8 Å². The van der Waals surface area contributed by atoms with E-state index < -0.39 is 6.10 Å². The Hall–Kier alpha value is -2.57. The van der Waals surface area contributed by atoms with Crippen LogP contribution in [0.15, 0.2) is 72.4 Å². The second kappa shape index (κ2) is 9.39. The first-order chi connectivity index (χ1) is 13.2. The molecule has 0 aliphatic carbocycles. The van der Waals surface area contributed by atoms with E-state index in [0.29, 0.717) is 12.3 Å². The van der Waals surface area contributed by atoms with Crippen molar-refractivity contribution in [3.05, 3.63) is 72.8 Å². The maximum atomic E-state index is 10.3. The number of aryl methyl sites for hydroxylation is 1. The van der Waals surface area contributed by atoms with Gasteiger partial charge < -0.3 is 9.84 Å². The molecule has 1 aromatic heterocycles. The van der Waals surface area contributed by atoms with E-state index >= 15 is 0 Å². The summed E-state index contributed by atoms with van der Waals surface area (Å²) < 4.78 is 7.67. The summed E-state index contributed by atoms with van der Waals surface area (Å²) in [4.78, 5) is 0. The molecular weight excluding hydrogens is 358 g/mol. The highest BCUT2D eigenvalue weighted by molar-refractivity contribution is 7.99. The molecule has 0 unspecified atom stereocenters. The van der Waals surface area contributed by atoms with Crippen LogP contribution in [-0.2, 0) is 6.54 Å².